The van der Waals surface area contributed by atoms with Gasteiger partial charge in [0.05, 0.1) is 6.10 Å². The first-order valence-electron chi connectivity index (χ1n) is 5.93. The van der Waals surface area contributed by atoms with Crippen molar-refractivity contribution in [2.24, 2.45) is 0 Å². The summed E-state index contributed by atoms with van der Waals surface area (Å²) in [6, 6.07) is 2.01. The molecule has 0 fully saturated rings. The van der Waals surface area contributed by atoms with Gasteiger partial charge in [-0.05, 0) is 25.3 Å². The van der Waals surface area contributed by atoms with Crippen LogP contribution in [0.15, 0.2) is 12.3 Å². The van der Waals surface area contributed by atoms with Gasteiger partial charge in [-0.15, -0.1) is 0 Å². The Morgan fingerprint density at radius 1 is 1.62 bits per heavy atom. The van der Waals surface area contributed by atoms with E-state index in [2.05, 4.69) is 4.57 Å². The number of hydrogen-bond donors (Lipinski definition) is 1. The highest BCUT2D eigenvalue weighted by Gasteiger charge is 2.20. The van der Waals surface area contributed by atoms with E-state index in [9.17, 15) is 9.32 Å². The Balaban J connectivity index is 2.08. The van der Waals surface area contributed by atoms with Crippen molar-refractivity contribution in [1.29, 1.82) is 0 Å². The molecule has 90 valence electrons. The molecule has 0 amide bonds. The summed E-state index contributed by atoms with van der Waals surface area (Å²) < 4.78 is 13.5. The molecule has 0 aromatic carbocycles. The highest BCUT2D eigenvalue weighted by atomic mass is 32.2. The van der Waals surface area contributed by atoms with Crippen LogP contribution in [0.25, 0.3) is 0 Å². The molecule has 2 atom stereocenters. The van der Waals surface area contributed by atoms with Gasteiger partial charge >= 0.3 is 0 Å². The molecule has 0 saturated heterocycles. The average molecular weight is 241 g/mol. The Morgan fingerprint density at radius 2 is 2.44 bits per heavy atom. The third-order valence-electron chi connectivity index (χ3n) is 3.25. The van der Waals surface area contributed by atoms with Crippen LogP contribution in [0, 0.1) is 0 Å². The van der Waals surface area contributed by atoms with Crippen LogP contribution in [0.1, 0.15) is 37.1 Å². The maximum Gasteiger partial charge on any atom is 0.0807 e. The number of fused-ring (bicyclic) bond motifs is 1. The summed E-state index contributed by atoms with van der Waals surface area (Å²) >= 11 is 0. The van der Waals surface area contributed by atoms with Crippen molar-refractivity contribution < 1.29 is 9.32 Å². The van der Waals surface area contributed by atoms with Crippen LogP contribution in [-0.4, -0.2) is 25.4 Å². The van der Waals surface area contributed by atoms with Crippen molar-refractivity contribution in [2.75, 3.05) is 11.5 Å². The fourth-order valence-corrected chi connectivity index (χ4v) is 2.97. The summed E-state index contributed by atoms with van der Waals surface area (Å²) in [7, 11) is -0.704. The normalized spacial score (nSPS) is 21.8. The van der Waals surface area contributed by atoms with Gasteiger partial charge in [-0.25, -0.2) is 0 Å². The summed E-state index contributed by atoms with van der Waals surface area (Å²) in [6.07, 6.45) is 4.69. The minimum Gasteiger partial charge on any atom is -0.388 e. The number of rotatable bonds is 4. The van der Waals surface area contributed by atoms with E-state index in [-0.39, 0.29) is 6.10 Å². The van der Waals surface area contributed by atoms with Gasteiger partial charge in [0.1, 0.15) is 0 Å². The second-order valence-corrected chi connectivity index (χ2v) is 6.12. The first-order valence-corrected chi connectivity index (χ1v) is 7.42. The molecule has 1 heterocycles. The smallest absolute Gasteiger partial charge is 0.0807 e. The summed E-state index contributed by atoms with van der Waals surface area (Å²) in [4.78, 5) is 0. The second kappa shape index (κ2) is 5.15. The number of aryl methyl sites for hydroxylation is 1. The molecule has 16 heavy (non-hydrogen) atoms. The van der Waals surface area contributed by atoms with Crippen LogP contribution in [0.3, 0.4) is 0 Å². The molecule has 0 aliphatic heterocycles. The molecular weight excluding hydrogens is 222 g/mol. The van der Waals surface area contributed by atoms with Crippen molar-refractivity contribution >= 4 is 10.8 Å². The van der Waals surface area contributed by atoms with E-state index >= 15 is 0 Å². The Morgan fingerprint density at radius 3 is 3.19 bits per heavy atom. The van der Waals surface area contributed by atoms with Crippen LogP contribution in [0.5, 0.6) is 0 Å². The van der Waals surface area contributed by atoms with Crippen LogP contribution < -0.4 is 0 Å². The van der Waals surface area contributed by atoms with Gasteiger partial charge in [-0.2, -0.15) is 0 Å². The van der Waals surface area contributed by atoms with Crippen LogP contribution in [-0.2, 0) is 23.8 Å². The fraction of sp³-hybridized carbons (Fsp3) is 0.667. The molecule has 4 heteroatoms. The summed E-state index contributed by atoms with van der Waals surface area (Å²) in [5, 5.41) is 9.82. The summed E-state index contributed by atoms with van der Waals surface area (Å²) in [5.41, 5.74) is 2.32. The zero-order valence-electron chi connectivity index (χ0n) is 9.69. The number of nitrogens with zero attached hydrogens (tertiary/aromatic N) is 1. The molecular formula is C12H19NO2S. The molecule has 0 saturated carbocycles. The zero-order chi connectivity index (χ0) is 11.5. The quantitative estimate of drug-likeness (QED) is 0.870. The number of aliphatic hydroxyl groups excluding tert-OH is 1. The summed E-state index contributed by atoms with van der Waals surface area (Å²) in [6.45, 7) is 2.76. The highest BCUT2D eigenvalue weighted by Crippen LogP contribution is 2.30. The monoisotopic (exact) mass is 241 g/mol. The lowest BCUT2D eigenvalue weighted by molar-refractivity contribution is 0.155. The molecule has 3 nitrogen and oxygen atoms in total. The molecule has 1 aliphatic rings. The predicted octanol–water partition coefficient (Wildman–Crippen LogP) is 1.63. The molecule has 1 aromatic rings. The standard InChI is InChI=1S/C12H19NO2S/c1-2-16(15)9-8-13-7-6-10-11(13)4-3-5-12(10)14/h6-7,12,14H,2-5,8-9H2,1H3. The van der Waals surface area contributed by atoms with Crippen molar-refractivity contribution in [3.05, 3.63) is 23.5 Å². The Labute approximate surface area is 98.9 Å². The van der Waals surface area contributed by atoms with E-state index in [1.807, 2.05) is 19.2 Å². The first-order chi connectivity index (χ1) is 7.72. The van der Waals surface area contributed by atoms with E-state index in [1.54, 1.807) is 0 Å². The molecule has 2 rings (SSSR count). The number of hydrogen-bond acceptors (Lipinski definition) is 2. The topological polar surface area (TPSA) is 42.2 Å². The van der Waals surface area contributed by atoms with Gasteiger partial charge in [0.2, 0.25) is 0 Å². The molecule has 2 unspecified atom stereocenters. The van der Waals surface area contributed by atoms with Crippen molar-refractivity contribution in [3.63, 3.8) is 0 Å². The third kappa shape index (κ3) is 2.38. The average Bonchev–Trinajstić information content (AvgIpc) is 2.70. The Bertz CT molecular complexity index is 386. The second-order valence-electron chi connectivity index (χ2n) is 4.25. The van der Waals surface area contributed by atoms with Crippen LogP contribution in [0.4, 0.5) is 0 Å². The lowest BCUT2D eigenvalue weighted by atomic mass is 9.95. The molecule has 0 bridgehead atoms. The molecule has 1 aromatic heterocycles. The van der Waals surface area contributed by atoms with E-state index in [4.69, 9.17) is 0 Å². The Kier molecular flexibility index (Phi) is 3.82. The summed E-state index contributed by atoms with van der Waals surface area (Å²) in [5.74, 6) is 1.44. The van der Waals surface area contributed by atoms with E-state index < -0.39 is 10.8 Å². The van der Waals surface area contributed by atoms with Gasteiger partial charge in [-0.1, -0.05) is 6.92 Å². The number of aromatic nitrogens is 1. The van der Waals surface area contributed by atoms with E-state index in [0.717, 1.165) is 37.1 Å². The Hall–Kier alpha value is -0.610. The molecule has 0 spiro atoms. The van der Waals surface area contributed by atoms with Gasteiger partial charge in [0.25, 0.3) is 0 Å². The molecule has 1 aliphatic carbocycles. The minimum absolute atomic E-state index is 0.290. The van der Waals surface area contributed by atoms with Gasteiger partial charge in [0, 0.05) is 46.3 Å². The van der Waals surface area contributed by atoms with Crippen LogP contribution in [0.2, 0.25) is 0 Å². The minimum atomic E-state index is -0.704. The largest absolute Gasteiger partial charge is 0.388 e. The van der Waals surface area contributed by atoms with Crippen LogP contribution >= 0.6 is 0 Å². The first kappa shape index (κ1) is 11.9. The number of aliphatic hydroxyl groups is 1. The maximum absolute atomic E-state index is 11.4. The van der Waals surface area contributed by atoms with Crippen molar-refractivity contribution in [1.82, 2.24) is 4.57 Å². The lowest BCUT2D eigenvalue weighted by Gasteiger charge is -2.20. The molecule has 0 radical (unpaired) electrons. The fourth-order valence-electron chi connectivity index (χ4n) is 2.29. The highest BCUT2D eigenvalue weighted by molar-refractivity contribution is 7.84. The van der Waals surface area contributed by atoms with Gasteiger partial charge < -0.3 is 9.67 Å². The zero-order valence-corrected chi connectivity index (χ0v) is 10.5. The third-order valence-corrected chi connectivity index (χ3v) is 4.53. The lowest BCUT2D eigenvalue weighted by Crippen LogP contribution is -2.15. The van der Waals surface area contributed by atoms with Gasteiger partial charge in [0.15, 0.2) is 0 Å². The van der Waals surface area contributed by atoms with E-state index in [0.29, 0.717) is 5.75 Å². The predicted molar refractivity (Wildman–Crippen MR) is 65.9 cm³/mol. The van der Waals surface area contributed by atoms with E-state index in [1.165, 1.54) is 5.69 Å². The van der Waals surface area contributed by atoms with Gasteiger partial charge in [-0.3, -0.25) is 4.21 Å². The maximum atomic E-state index is 11.4. The SMILES string of the molecule is CCS(=O)CCn1ccc2c1CCCC2O. The molecule has 1 N–H and O–H groups in total. The van der Waals surface area contributed by atoms with Crippen molar-refractivity contribution in [2.45, 2.75) is 38.8 Å². The van der Waals surface area contributed by atoms with Crippen molar-refractivity contribution in [3.8, 4) is 0 Å².